The van der Waals surface area contributed by atoms with Crippen LogP contribution < -0.4 is 5.73 Å². The molecule has 0 amide bonds. The Morgan fingerprint density at radius 2 is 1.85 bits per heavy atom. The SMILES string of the molecule is CCO[Si](O)(OCC)OC(=O)CN. The van der Waals surface area contributed by atoms with E-state index in [9.17, 15) is 9.59 Å². The van der Waals surface area contributed by atoms with Gasteiger partial charge in [-0.3, -0.25) is 4.79 Å². The summed E-state index contributed by atoms with van der Waals surface area (Å²) in [7, 11) is -3.76. The molecule has 0 aliphatic heterocycles. The summed E-state index contributed by atoms with van der Waals surface area (Å²) in [6.07, 6.45) is 0. The predicted molar refractivity (Wildman–Crippen MR) is 46.4 cm³/mol. The lowest BCUT2D eigenvalue weighted by atomic mass is 10.7. The molecule has 0 rings (SSSR count). The Balaban J connectivity index is 4.13. The number of carbonyl (C=O) groups is 1. The highest BCUT2D eigenvalue weighted by Crippen LogP contribution is 2.05. The third kappa shape index (κ3) is 4.96. The predicted octanol–water partition coefficient (Wildman–Crippen LogP) is -1.01. The third-order valence-electron chi connectivity index (χ3n) is 1.06. The van der Waals surface area contributed by atoms with Crippen LogP contribution in [0.5, 0.6) is 0 Å². The molecule has 0 aliphatic carbocycles. The summed E-state index contributed by atoms with van der Waals surface area (Å²) in [6.45, 7) is 3.43. The van der Waals surface area contributed by atoms with Gasteiger partial charge in [-0.25, -0.2) is 0 Å². The first-order valence-corrected chi connectivity index (χ1v) is 5.67. The standard InChI is InChI=1S/C6H15NO5Si/c1-3-10-13(9,11-4-2)12-6(8)5-7/h9H,3-5,7H2,1-2H3. The molecule has 0 aromatic heterocycles. The lowest BCUT2D eigenvalue weighted by molar-refractivity contribution is -0.141. The van der Waals surface area contributed by atoms with Crippen molar-refractivity contribution in [3.05, 3.63) is 0 Å². The topological polar surface area (TPSA) is 91.0 Å². The van der Waals surface area contributed by atoms with Crippen molar-refractivity contribution in [3.8, 4) is 0 Å². The third-order valence-corrected chi connectivity index (χ3v) is 2.86. The van der Waals surface area contributed by atoms with Crippen LogP contribution in [0.25, 0.3) is 0 Å². The van der Waals surface area contributed by atoms with E-state index in [2.05, 4.69) is 4.43 Å². The molecular weight excluding hydrogens is 194 g/mol. The summed E-state index contributed by atoms with van der Waals surface area (Å²) in [4.78, 5) is 20.3. The van der Waals surface area contributed by atoms with Crippen molar-refractivity contribution < 1.29 is 22.9 Å². The van der Waals surface area contributed by atoms with E-state index in [-0.39, 0.29) is 19.8 Å². The summed E-state index contributed by atoms with van der Waals surface area (Å²) < 4.78 is 14.2. The quantitative estimate of drug-likeness (QED) is 0.545. The highest BCUT2D eigenvalue weighted by molar-refractivity contribution is 6.54. The van der Waals surface area contributed by atoms with Crippen molar-refractivity contribution in [3.63, 3.8) is 0 Å². The number of nitrogens with two attached hydrogens (primary N) is 1. The summed E-state index contributed by atoms with van der Waals surface area (Å²) >= 11 is 0. The van der Waals surface area contributed by atoms with Gasteiger partial charge in [-0.15, -0.1) is 0 Å². The molecule has 0 aromatic carbocycles. The molecule has 0 aromatic rings. The van der Waals surface area contributed by atoms with Gasteiger partial charge in [-0.2, -0.15) is 0 Å². The fourth-order valence-electron chi connectivity index (χ4n) is 0.651. The average molecular weight is 209 g/mol. The molecule has 0 unspecified atom stereocenters. The van der Waals surface area contributed by atoms with Crippen LogP contribution >= 0.6 is 0 Å². The monoisotopic (exact) mass is 209 g/mol. The van der Waals surface area contributed by atoms with Gasteiger partial charge in [0.25, 0.3) is 0 Å². The van der Waals surface area contributed by atoms with Crippen molar-refractivity contribution in [1.29, 1.82) is 0 Å². The van der Waals surface area contributed by atoms with E-state index < -0.39 is 15.0 Å². The second kappa shape index (κ2) is 6.05. The minimum Gasteiger partial charge on any atom is -0.451 e. The van der Waals surface area contributed by atoms with Gasteiger partial charge < -0.3 is 23.8 Å². The summed E-state index contributed by atoms with van der Waals surface area (Å²) in [5.41, 5.74) is 5.00. The van der Waals surface area contributed by atoms with Gasteiger partial charge in [0.05, 0.1) is 6.54 Å². The highest BCUT2D eigenvalue weighted by Gasteiger charge is 2.44. The molecule has 13 heavy (non-hydrogen) atoms. The molecule has 7 heteroatoms. The Kier molecular flexibility index (Phi) is 5.83. The second-order valence-electron chi connectivity index (χ2n) is 2.07. The van der Waals surface area contributed by atoms with Gasteiger partial charge in [0.15, 0.2) is 0 Å². The highest BCUT2D eigenvalue weighted by atomic mass is 28.4. The summed E-state index contributed by atoms with van der Waals surface area (Å²) in [5.74, 6) is -0.740. The lowest BCUT2D eigenvalue weighted by Gasteiger charge is -2.20. The van der Waals surface area contributed by atoms with Crippen LogP contribution in [-0.2, 0) is 18.1 Å². The van der Waals surface area contributed by atoms with Gasteiger partial charge in [-0.1, -0.05) is 0 Å². The average Bonchev–Trinajstić information content (AvgIpc) is 2.04. The lowest BCUT2D eigenvalue weighted by Crippen LogP contribution is -2.48. The van der Waals surface area contributed by atoms with Gasteiger partial charge in [0, 0.05) is 13.2 Å². The molecule has 0 fully saturated rings. The Bertz CT molecular complexity index is 159. The van der Waals surface area contributed by atoms with E-state index in [1.165, 1.54) is 0 Å². The van der Waals surface area contributed by atoms with E-state index >= 15 is 0 Å². The van der Waals surface area contributed by atoms with Gasteiger partial charge in [-0.05, 0) is 13.8 Å². The minimum atomic E-state index is -3.76. The normalized spacial score (nSPS) is 11.4. The zero-order valence-electron chi connectivity index (χ0n) is 7.78. The number of hydrogen-bond donors (Lipinski definition) is 2. The first kappa shape index (κ1) is 12.5. The summed E-state index contributed by atoms with van der Waals surface area (Å²) in [6, 6.07) is 0. The fraction of sp³-hybridized carbons (Fsp3) is 0.833. The van der Waals surface area contributed by atoms with Crippen LogP contribution in [0.4, 0.5) is 0 Å². The molecule has 3 N–H and O–H groups in total. The van der Waals surface area contributed by atoms with Crippen molar-refractivity contribution in [2.24, 2.45) is 5.73 Å². The Morgan fingerprint density at radius 3 is 2.15 bits per heavy atom. The minimum absolute atomic E-state index is 0.209. The molecule has 0 aliphatic rings. The maximum absolute atomic E-state index is 10.7. The molecule has 6 nitrogen and oxygen atoms in total. The van der Waals surface area contributed by atoms with Crippen LogP contribution in [0.3, 0.4) is 0 Å². The Labute approximate surface area is 78.1 Å². The van der Waals surface area contributed by atoms with Gasteiger partial charge in [0.1, 0.15) is 0 Å². The zero-order chi connectivity index (χ0) is 10.3. The van der Waals surface area contributed by atoms with Gasteiger partial charge in [0.2, 0.25) is 0 Å². The van der Waals surface area contributed by atoms with Crippen molar-refractivity contribution in [2.45, 2.75) is 13.8 Å². The Morgan fingerprint density at radius 1 is 1.38 bits per heavy atom. The maximum atomic E-state index is 10.7. The smallest absolute Gasteiger partial charge is 0.451 e. The van der Waals surface area contributed by atoms with Crippen LogP contribution in [0.1, 0.15) is 13.8 Å². The number of carbonyl (C=O) groups excluding carboxylic acids is 1. The van der Waals surface area contributed by atoms with E-state index in [4.69, 9.17) is 14.6 Å². The zero-order valence-corrected chi connectivity index (χ0v) is 8.78. The number of hydrogen-bond acceptors (Lipinski definition) is 6. The molecule has 78 valence electrons. The number of rotatable bonds is 6. The molecule has 0 atom stereocenters. The van der Waals surface area contributed by atoms with Gasteiger partial charge >= 0.3 is 15.0 Å². The molecule has 0 spiro atoms. The molecular formula is C6H15NO5Si. The van der Waals surface area contributed by atoms with Crippen molar-refractivity contribution in [2.75, 3.05) is 19.8 Å². The van der Waals surface area contributed by atoms with Crippen molar-refractivity contribution in [1.82, 2.24) is 0 Å². The molecule has 0 radical (unpaired) electrons. The largest absolute Gasteiger partial charge is 0.748 e. The van der Waals surface area contributed by atoms with E-state index in [1.807, 2.05) is 0 Å². The molecule has 0 saturated carbocycles. The first-order chi connectivity index (χ1) is 6.08. The Hall–Kier alpha value is -0.473. The molecule has 0 saturated heterocycles. The molecule has 0 heterocycles. The first-order valence-electron chi connectivity index (χ1n) is 4.00. The van der Waals surface area contributed by atoms with Crippen LogP contribution in [-0.4, -0.2) is 39.6 Å². The van der Waals surface area contributed by atoms with Crippen molar-refractivity contribution >= 4 is 15.0 Å². The maximum Gasteiger partial charge on any atom is 0.748 e. The van der Waals surface area contributed by atoms with Crippen LogP contribution in [0.15, 0.2) is 0 Å². The molecule has 0 bridgehead atoms. The van der Waals surface area contributed by atoms with Crippen LogP contribution in [0.2, 0.25) is 0 Å². The van der Waals surface area contributed by atoms with Crippen LogP contribution in [0, 0.1) is 0 Å². The summed E-state index contributed by atoms with van der Waals surface area (Å²) in [5, 5.41) is 0. The second-order valence-corrected chi connectivity index (χ2v) is 3.90. The van der Waals surface area contributed by atoms with E-state index in [0.717, 1.165) is 0 Å². The van der Waals surface area contributed by atoms with E-state index in [1.54, 1.807) is 13.8 Å². The van der Waals surface area contributed by atoms with E-state index in [0.29, 0.717) is 0 Å². The fourth-order valence-corrected chi connectivity index (χ4v) is 1.95.